The third-order valence-electron chi connectivity index (χ3n) is 3.95. The van der Waals surface area contributed by atoms with Crippen LogP contribution in [-0.2, 0) is 6.18 Å². The monoisotopic (exact) mass is 455 g/mol. The van der Waals surface area contributed by atoms with Crippen molar-refractivity contribution in [2.24, 2.45) is 0 Å². The minimum Gasteiger partial charge on any atom is -0.349 e. The van der Waals surface area contributed by atoms with Gasteiger partial charge in [0, 0.05) is 21.6 Å². The summed E-state index contributed by atoms with van der Waals surface area (Å²) in [5.41, 5.74) is -4.25. The number of benzene rings is 3. The van der Waals surface area contributed by atoms with Crippen LogP contribution in [0.15, 0.2) is 53.0 Å². The van der Waals surface area contributed by atoms with Crippen molar-refractivity contribution in [3.63, 3.8) is 0 Å². The maximum atomic E-state index is 13.5. The molecule has 0 heterocycles. The van der Waals surface area contributed by atoms with Crippen LogP contribution in [0.4, 0.5) is 35.9 Å². The normalized spacial score (nSPS) is 11.4. The maximum Gasteiger partial charge on any atom is 0.418 e. The summed E-state index contributed by atoms with van der Waals surface area (Å²) in [6.45, 7) is 0. The number of anilines is 2. The third kappa shape index (κ3) is 3.60. The average Bonchev–Trinajstić information content (AvgIpc) is 2.63. The predicted molar refractivity (Wildman–Crippen MR) is 99.7 cm³/mol. The molecule has 0 saturated carbocycles. The molecule has 0 aliphatic carbocycles. The molecule has 1 N–H and O–H groups in total. The molecule has 3 aromatic rings. The first-order valence-electron chi connectivity index (χ1n) is 7.58. The van der Waals surface area contributed by atoms with Gasteiger partial charge in [0.25, 0.3) is 11.4 Å². The van der Waals surface area contributed by atoms with Gasteiger partial charge in [0.1, 0.15) is 5.69 Å². The Morgan fingerprint density at radius 1 is 0.929 bits per heavy atom. The minimum absolute atomic E-state index is 0.182. The topological polar surface area (TPSA) is 98.3 Å². The first-order chi connectivity index (χ1) is 13.1. The van der Waals surface area contributed by atoms with Gasteiger partial charge in [-0.25, -0.2) is 0 Å². The quantitative estimate of drug-likeness (QED) is 0.374. The van der Waals surface area contributed by atoms with Crippen LogP contribution in [0.1, 0.15) is 5.56 Å². The summed E-state index contributed by atoms with van der Waals surface area (Å²) in [5, 5.41) is 25.9. The van der Waals surface area contributed by atoms with Gasteiger partial charge in [-0.1, -0.05) is 40.2 Å². The summed E-state index contributed by atoms with van der Waals surface area (Å²) < 4.78 is 41.3. The molecular weight excluding hydrogens is 447 g/mol. The lowest BCUT2D eigenvalue weighted by Crippen LogP contribution is -2.12. The molecule has 0 bridgehead atoms. The molecule has 0 saturated heterocycles. The molecule has 7 nitrogen and oxygen atoms in total. The molecule has 0 atom stereocenters. The highest BCUT2D eigenvalue weighted by molar-refractivity contribution is 9.10. The fraction of sp³-hybridized carbons (Fsp3) is 0.0588. The van der Waals surface area contributed by atoms with Crippen molar-refractivity contribution in [1.29, 1.82) is 0 Å². The number of alkyl halides is 3. The Labute approximate surface area is 163 Å². The van der Waals surface area contributed by atoms with E-state index in [0.29, 0.717) is 21.3 Å². The highest BCUT2D eigenvalue weighted by Gasteiger charge is 2.39. The number of nitrogens with zero attached hydrogens (tertiary/aromatic N) is 2. The number of nitro groups is 2. The van der Waals surface area contributed by atoms with Crippen LogP contribution in [0.3, 0.4) is 0 Å². The molecule has 0 unspecified atom stereocenters. The molecule has 3 aromatic carbocycles. The van der Waals surface area contributed by atoms with Crippen molar-refractivity contribution in [2.45, 2.75) is 6.18 Å². The van der Waals surface area contributed by atoms with E-state index < -0.39 is 38.6 Å². The van der Waals surface area contributed by atoms with Crippen LogP contribution in [0.2, 0.25) is 0 Å². The molecule has 0 radical (unpaired) electrons. The Morgan fingerprint density at radius 2 is 1.57 bits per heavy atom. The van der Waals surface area contributed by atoms with E-state index in [2.05, 4.69) is 21.2 Å². The van der Waals surface area contributed by atoms with E-state index in [1.54, 1.807) is 30.3 Å². The van der Waals surface area contributed by atoms with Crippen molar-refractivity contribution in [3.8, 4) is 0 Å². The Kier molecular flexibility index (Phi) is 4.94. The summed E-state index contributed by atoms with van der Waals surface area (Å²) >= 11 is 3.33. The maximum absolute atomic E-state index is 13.5. The zero-order valence-corrected chi connectivity index (χ0v) is 15.2. The predicted octanol–water partition coefficient (Wildman–Crippen LogP) is 6.18. The second kappa shape index (κ2) is 7.08. The molecule has 0 aromatic heterocycles. The van der Waals surface area contributed by atoms with E-state index in [0.717, 1.165) is 0 Å². The molecule has 0 spiro atoms. The molecule has 28 heavy (non-hydrogen) atoms. The fourth-order valence-corrected chi connectivity index (χ4v) is 3.20. The number of non-ortho nitro benzene ring substituents is 1. The highest BCUT2D eigenvalue weighted by atomic mass is 79.9. The minimum atomic E-state index is -5.05. The van der Waals surface area contributed by atoms with Gasteiger partial charge in [0.2, 0.25) is 0 Å². The smallest absolute Gasteiger partial charge is 0.349 e. The van der Waals surface area contributed by atoms with E-state index in [1.807, 2.05) is 0 Å². The van der Waals surface area contributed by atoms with E-state index in [-0.39, 0.29) is 11.8 Å². The molecule has 3 rings (SSSR count). The van der Waals surface area contributed by atoms with Gasteiger partial charge in [-0.2, -0.15) is 13.2 Å². The van der Waals surface area contributed by atoms with Crippen LogP contribution in [0.25, 0.3) is 10.8 Å². The number of halogens is 4. The molecule has 144 valence electrons. The second-order valence-corrected chi connectivity index (χ2v) is 6.52. The molecule has 11 heteroatoms. The molecule has 0 aliphatic rings. The standard InChI is InChI=1S/C17H9BrF3N3O4/c18-13-5-6-14(11-4-2-1-3-10(11)13)22-16-12(17(19,20)21)7-9(23(25)26)8-15(16)24(27)28/h1-8,22H. The van der Waals surface area contributed by atoms with Gasteiger partial charge in [-0.05, 0) is 17.5 Å². The lowest BCUT2D eigenvalue weighted by Gasteiger charge is -2.16. The van der Waals surface area contributed by atoms with E-state index >= 15 is 0 Å². The van der Waals surface area contributed by atoms with Gasteiger partial charge < -0.3 is 5.32 Å². The average molecular weight is 456 g/mol. The Balaban J connectivity index is 2.29. The van der Waals surface area contributed by atoms with Crippen molar-refractivity contribution < 1.29 is 23.0 Å². The number of rotatable bonds is 4. The zero-order valence-electron chi connectivity index (χ0n) is 13.7. The number of hydrogen-bond acceptors (Lipinski definition) is 5. The van der Waals surface area contributed by atoms with Crippen LogP contribution in [0, 0.1) is 20.2 Å². The van der Waals surface area contributed by atoms with Gasteiger partial charge in [0.05, 0.1) is 21.5 Å². The highest BCUT2D eigenvalue weighted by Crippen LogP contribution is 2.44. The van der Waals surface area contributed by atoms with Crippen LogP contribution >= 0.6 is 15.9 Å². The zero-order chi connectivity index (χ0) is 20.6. The molecule has 0 amide bonds. The van der Waals surface area contributed by atoms with Gasteiger partial charge in [-0.3, -0.25) is 20.2 Å². The number of hydrogen-bond donors (Lipinski definition) is 1. The SMILES string of the molecule is O=[N+]([O-])c1cc([N+](=O)[O-])c(Nc2ccc(Br)c3ccccc23)c(C(F)(F)F)c1. The Bertz CT molecular complexity index is 1120. The first kappa shape index (κ1) is 19.5. The summed E-state index contributed by atoms with van der Waals surface area (Å²) in [4.78, 5) is 20.1. The Morgan fingerprint density at radius 3 is 2.14 bits per heavy atom. The van der Waals surface area contributed by atoms with E-state index in [9.17, 15) is 33.4 Å². The lowest BCUT2D eigenvalue weighted by molar-refractivity contribution is -0.394. The number of nitro benzene ring substituents is 2. The van der Waals surface area contributed by atoms with Crippen molar-refractivity contribution >= 4 is 49.5 Å². The van der Waals surface area contributed by atoms with Crippen molar-refractivity contribution in [3.05, 3.63) is 78.8 Å². The van der Waals surface area contributed by atoms with Gasteiger partial charge >= 0.3 is 6.18 Å². The van der Waals surface area contributed by atoms with E-state index in [4.69, 9.17) is 0 Å². The lowest BCUT2D eigenvalue weighted by atomic mass is 10.1. The van der Waals surface area contributed by atoms with Crippen LogP contribution < -0.4 is 5.32 Å². The fourth-order valence-electron chi connectivity index (χ4n) is 2.72. The summed E-state index contributed by atoms with van der Waals surface area (Å²) in [6, 6.07) is 10.6. The molecule has 0 fully saturated rings. The number of fused-ring (bicyclic) bond motifs is 1. The first-order valence-corrected chi connectivity index (χ1v) is 8.37. The van der Waals surface area contributed by atoms with Gasteiger partial charge in [0.15, 0.2) is 0 Å². The molecule has 0 aliphatic heterocycles. The Hall–Kier alpha value is -3.21. The van der Waals surface area contributed by atoms with Crippen molar-refractivity contribution in [1.82, 2.24) is 0 Å². The largest absolute Gasteiger partial charge is 0.418 e. The second-order valence-electron chi connectivity index (χ2n) is 5.66. The van der Waals surface area contributed by atoms with Crippen LogP contribution in [-0.4, -0.2) is 9.85 Å². The third-order valence-corrected chi connectivity index (χ3v) is 4.64. The number of nitrogens with one attached hydrogen (secondary N) is 1. The summed E-state index contributed by atoms with van der Waals surface area (Å²) in [7, 11) is 0. The molecular formula is C17H9BrF3N3O4. The summed E-state index contributed by atoms with van der Waals surface area (Å²) in [5.74, 6) is 0. The summed E-state index contributed by atoms with van der Waals surface area (Å²) in [6.07, 6.45) is -5.05. The van der Waals surface area contributed by atoms with Crippen molar-refractivity contribution in [2.75, 3.05) is 5.32 Å². The van der Waals surface area contributed by atoms with E-state index in [1.165, 1.54) is 6.07 Å². The van der Waals surface area contributed by atoms with Gasteiger partial charge in [-0.15, -0.1) is 0 Å². The van der Waals surface area contributed by atoms with Crippen LogP contribution in [0.5, 0.6) is 0 Å².